The maximum atomic E-state index is 13.7. The van der Waals surface area contributed by atoms with Gasteiger partial charge < -0.3 is 14.9 Å². The Bertz CT molecular complexity index is 1180. The fourth-order valence-electron chi connectivity index (χ4n) is 4.57. The van der Waals surface area contributed by atoms with Crippen molar-refractivity contribution in [1.82, 2.24) is 0 Å². The van der Waals surface area contributed by atoms with E-state index in [2.05, 4.69) is 15.9 Å². The molecular formula is C24H19BrN2O3. The maximum Gasteiger partial charge on any atom is 0.265 e. The SMILES string of the molecule is CN1C(=O)[C@H]([C@]2(O)C(=O)N(Cc3ccccc3)c3ccc(Br)cc32)c2ccccc21. The molecule has 30 heavy (non-hydrogen) atoms. The number of benzene rings is 3. The van der Waals surface area contributed by atoms with Crippen molar-refractivity contribution in [3.63, 3.8) is 0 Å². The van der Waals surface area contributed by atoms with E-state index in [4.69, 9.17) is 0 Å². The summed E-state index contributed by atoms with van der Waals surface area (Å²) in [6.07, 6.45) is 0. The molecule has 0 saturated heterocycles. The van der Waals surface area contributed by atoms with Gasteiger partial charge >= 0.3 is 0 Å². The Morgan fingerprint density at radius 1 is 0.967 bits per heavy atom. The lowest BCUT2D eigenvalue weighted by Crippen LogP contribution is -2.47. The molecule has 150 valence electrons. The van der Waals surface area contributed by atoms with Crippen molar-refractivity contribution in [2.24, 2.45) is 0 Å². The number of carbonyl (C=O) groups excluding carboxylic acids is 2. The third-order valence-corrected chi connectivity index (χ3v) is 6.51. The molecule has 2 heterocycles. The number of rotatable bonds is 3. The first-order valence-corrected chi connectivity index (χ1v) is 10.5. The molecule has 2 atom stereocenters. The molecule has 3 aromatic rings. The molecule has 2 aliphatic heterocycles. The normalized spacial score (nSPS) is 22.4. The van der Waals surface area contributed by atoms with Crippen molar-refractivity contribution in [3.05, 3.63) is 94.0 Å². The summed E-state index contributed by atoms with van der Waals surface area (Å²) in [4.78, 5) is 30.1. The number of fused-ring (bicyclic) bond motifs is 2. The molecule has 0 aliphatic carbocycles. The zero-order valence-corrected chi connectivity index (χ0v) is 17.8. The number of hydrogen-bond donors (Lipinski definition) is 1. The average molecular weight is 463 g/mol. The number of amides is 2. The van der Waals surface area contributed by atoms with E-state index in [1.165, 1.54) is 4.90 Å². The Kier molecular flexibility index (Phi) is 4.31. The minimum Gasteiger partial charge on any atom is -0.374 e. The number of halogens is 1. The van der Waals surface area contributed by atoms with Gasteiger partial charge in [0.1, 0.15) is 5.92 Å². The molecule has 5 rings (SSSR count). The van der Waals surface area contributed by atoms with Crippen LogP contribution in [0.5, 0.6) is 0 Å². The van der Waals surface area contributed by atoms with Crippen molar-refractivity contribution >= 4 is 39.1 Å². The van der Waals surface area contributed by atoms with Gasteiger partial charge in [-0.25, -0.2) is 0 Å². The molecule has 3 aromatic carbocycles. The largest absolute Gasteiger partial charge is 0.374 e. The van der Waals surface area contributed by atoms with Gasteiger partial charge in [0.05, 0.1) is 12.2 Å². The summed E-state index contributed by atoms with van der Waals surface area (Å²) in [5, 5.41) is 12.0. The second-order valence-corrected chi connectivity index (χ2v) is 8.61. The predicted molar refractivity (Wildman–Crippen MR) is 118 cm³/mol. The van der Waals surface area contributed by atoms with Crippen LogP contribution in [0, 0.1) is 0 Å². The van der Waals surface area contributed by atoms with Gasteiger partial charge in [0, 0.05) is 22.8 Å². The number of nitrogens with zero attached hydrogens (tertiary/aromatic N) is 2. The monoisotopic (exact) mass is 462 g/mol. The van der Waals surface area contributed by atoms with Gasteiger partial charge in [-0.05, 0) is 35.4 Å². The number of para-hydroxylation sites is 1. The van der Waals surface area contributed by atoms with Gasteiger partial charge in [0.25, 0.3) is 5.91 Å². The molecule has 6 heteroatoms. The van der Waals surface area contributed by atoms with E-state index >= 15 is 0 Å². The maximum absolute atomic E-state index is 13.7. The highest BCUT2D eigenvalue weighted by Gasteiger charge is 2.60. The highest BCUT2D eigenvalue weighted by Crippen LogP contribution is 2.53. The van der Waals surface area contributed by atoms with E-state index in [-0.39, 0.29) is 5.91 Å². The lowest BCUT2D eigenvalue weighted by atomic mass is 9.78. The van der Waals surface area contributed by atoms with E-state index in [1.807, 2.05) is 66.7 Å². The summed E-state index contributed by atoms with van der Waals surface area (Å²) < 4.78 is 0.737. The Labute approximate surface area is 182 Å². The number of aliphatic hydroxyl groups is 1. The molecule has 0 aromatic heterocycles. The fourth-order valence-corrected chi connectivity index (χ4v) is 4.93. The lowest BCUT2D eigenvalue weighted by Gasteiger charge is -2.28. The van der Waals surface area contributed by atoms with Crippen molar-refractivity contribution in [1.29, 1.82) is 0 Å². The van der Waals surface area contributed by atoms with E-state index in [9.17, 15) is 14.7 Å². The third kappa shape index (κ3) is 2.57. The smallest absolute Gasteiger partial charge is 0.265 e. The van der Waals surface area contributed by atoms with Crippen LogP contribution in [0.15, 0.2) is 77.3 Å². The Morgan fingerprint density at radius 2 is 1.67 bits per heavy atom. The molecule has 1 N–H and O–H groups in total. The van der Waals surface area contributed by atoms with Gasteiger partial charge in [0.2, 0.25) is 5.91 Å². The topological polar surface area (TPSA) is 60.9 Å². The minimum atomic E-state index is -1.98. The summed E-state index contributed by atoms with van der Waals surface area (Å²) in [6, 6.07) is 22.3. The molecule has 0 saturated carbocycles. The third-order valence-electron chi connectivity index (χ3n) is 6.02. The number of carbonyl (C=O) groups is 2. The molecule has 0 fully saturated rings. The van der Waals surface area contributed by atoms with Gasteiger partial charge in [-0.3, -0.25) is 9.59 Å². The Hall–Kier alpha value is -2.96. The van der Waals surface area contributed by atoms with Crippen LogP contribution in [0.3, 0.4) is 0 Å². The minimum absolute atomic E-state index is 0.292. The van der Waals surface area contributed by atoms with Gasteiger partial charge in [-0.2, -0.15) is 0 Å². The fraction of sp³-hybridized carbons (Fsp3) is 0.167. The second kappa shape index (κ2) is 6.79. The zero-order chi connectivity index (χ0) is 21.0. The lowest BCUT2D eigenvalue weighted by molar-refractivity contribution is -0.144. The summed E-state index contributed by atoms with van der Waals surface area (Å²) in [5.74, 6) is -1.78. The van der Waals surface area contributed by atoms with Gasteiger partial charge in [-0.15, -0.1) is 0 Å². The molecular weight excluding hydrogens is 444 g/mol. The van der Waals surface area contributed by atoms with Crippen LogP contribution in [0.1, 0.15) is 22.6 Å². The Morgan fingerprint density at radius 3 is 2.43 bits per heavy atom. The quantitative estimate of drug-likeness (QED) is 0.640. The molecule has 2 aliphatic rings. The zero-order valence-electron chi connectivity index (χ0n) is 16.2. The first kappa shape index (κ1) is 19.0. The molecule has 5 nitrogen and oxygen atoms in total. The van der Waals surface area contributed by atoms with E-state index in [1.54, 1.807) is 18.0 Å². The summed E-state index contributed by atoms with van der Waals surface area (Å²) in [6.45, 7) is 0.314. The standard InChI is InChI=1S/C24H19BrN2O3/c1-26-19-10-6-5-9-17(19)21(22(26)28)24(30)18-13-16(25)11-12-20(18)27(23(24)29)14-15-7-3-2-4-8-15/h2-13,21,30H,14H2,1H3/t21-,24+/m1/s1. The first-order chi connectivity index (χ1) is 14.4. The van der Waals surface area contributed by atoms with Crippen LogP contribution in [-0.4, -0.2) is 24.0 Å². The van der Waals surface area contributed by atoms with Gasteiger partial charge in [0.15, 0.2) is 5.60 Å². The number of likely N-dealkylation sites (N-methyl/N-ethyl adjacent to an activating group) is 1. The predicted octanol–water partition coefficient (Wildman–Crippen LogP) is 3.94. The van der Waals surface area contributed by atoms with Crippen LogP contribution in [0.25, 0.3) is 0 Å². The molecule has 0 unspecified atom stereocenters. The summed E-state index contributed by atoms with van der Waals surface area (Å²) in [5.41, 5.74) is 1.40. The van der Waals surface area contributed by atoms with Crippen LogP contribution < -0.4 is 9.80 Å². The summed E-state index contributed by atoms with van der Waals surface area (Å²) in [7, 11) is 1.67. The second-order valence-electron chi connectivity index (χ2n) is 7.69. The Balaban J connectivity index is 1.68. The van der Waals surface area contributed by atoms with Crippen LogP contribution in [-0.2, 0) is 21.7 Å². The summed E-state index contributed by atoms with van der Waals surface area (Å²) >= 11 is 3.45. The van der Waals surface area contributed by atoms with Crippen molar-refractivity contribution in [2.75, 3.05) is 16.8 Å². The average Bonchev–Trinajstić information content (AvgIpc) is 3.13. The first-order valence-electron chi connectivity index (χ1n) is 9.67. The molecule has 2 amide bonds. The molecule has 0 bridgehead atoms. The number of anilines is 2. The highest BCUT2D eigenvalue weighted by atomic mass is 79.9. The van der Waals surface area contributed by atoms with Crippen LogP contribution >= 0.6 is 15.9 Å². The highest BCUT2D eigenvalue weighted by molar-refractivity contribution is 9.10. The van der Waals surface area contributed by atoms with Crippen LogP contribution in [0.4, 0.5) is 11.4 Å². The van der Waals surface area contributed by atoms with E-state index in [0.717, 1.165) is 10.0 Å². The molecule has 0 spiro atoms. The molecule has 0 radical (unpaired) electrons. The van der Waals surface area contributed by atoms with Crippen molar-refractivity contribution in [3.8, 4) is 0 Å². The van der Waals surface area contributed by atoms with Crippen molar-refractivity contribution < 1.29 is 14.7 Å². The van der Waals surface area contributed by atoms with E-state index in [0.29, 0.717) is 29.0 Å². The van der Waals surface area contributed by atoms with E-state index < -0.39 is 17.4 Å². The van der Waals surface area contributed by atoms with Gasteiger partial charge in [-0.1, -0.05) is 64.5 Å². The number of hydrogen-bond acceptors (Lipinski definition) is 3. The van der Waals surface area contributed by atoms with Crippen molar-refractivity contribution in [2.45, 2.75) is 18.1 Å². The van der Waals surface area contributed by atoms with Crippen LogP contribution in [0.2, 0.25) is 0 Å².